The Balaban J connectivity index is 1.38. The summed E-state index contributed by atoms with van der Waals surface area (Å²) in [5.74, 6) is 0.274. The van der Waals surface area contributed by atoms with E-state index in [0.29, 0.717) is 17.9 Å². The lowest BCUT2D eigenvalue weighted by atomic mass is 9.64. The van der Waals surface area contributed by atoms with Crippen molar-refractivity contribution < 1.29 is 17.6 Å². The fraction of sp³-hybridized carbons (Fsp3) is 0.429. The van der Waals surface area contributed by atoms with Gasteiger partial charge in [-0.2, -0.15) is 0 Å². The summed E-state index contributed by atoms with van der Waals surface area (Å²) in [6, 6.07) is 10.2. The summed E-state index contributed by atoms with van der Waals surface area (Å²) < 4.78 is 36.3. The number of hydrogen-bond acceptors (Lipinski definition) is 5. The van der Waals surface area contributed by atoms with Gasteiger partial charge in [0.05, 0.1) is 17.1 Å². The first-order valence-electron chi connectivity index (χ1n) is 9.83. The zero-order valence-corrected chi connectivity index (χ0v) is 16.9. The Hall–Kier alpha value is -2.48. The van der Waals surface area contributed by atoms with Gasteiger partial charge in [-0.05, 0) is 42.7 Å². The largest absolute Gasteiger partial charge is 0.369 e. The van der Waals surface area contributed by atoms with Crippen molar-refractivity contribution >= 4 is 21.6 Å². The number of benzene rings is 1. The molecule has 2 fully saturated rings. The summed E-state index contributed by atoms with van der Waals surface area (Å²) in [6.07, 6.45) is 4.75. The summed E-state index contributed by atoms with van der Waals surface area (Å²) in [7, 11) is -3.02. The quantitative estimate of drug-likeness (QED) is 0.809. The molecule has 1 aromatic carbocycles. The Labute approximate surface area is 170 Å². The lowest BCUT2D eigenvalue weighted by molar-refractivity contribution is 0.0770. The lowest BCUT2D eigenvalue weighted by Gasteiger charge is -2.42. The molecule has 8 heteroatoms. The maximum atomic E-state index is 13.2. The Bertz CT molecular complexity index is 973. The molecular formula is C21H24FN3O3S. The van der Waals surface area contributed by atoms with Gasteiger partial charge in [0.15, 0.2) is 9.84 Å². The van der Waals surface area contributed by atoms with E-state index in [2.05, 4.69) is 10.3 Å². The average Bonchev–Trinajstić information content (AvgIpc) is 2.68. The first-order chi connectivity index (χ1) is 13.9. The molecule has 29 heavy (non-hydrogen) atoms. The van der Waals surface area contributed by atoms with Crippen LogP contribution in [-0.2, 0) is 15.3 Å². The molecule has 0 unspecified atom stereocenters. The van der Waals surface area contributed by atoms with Crippen LogP contribution in [0.1, 0.15) is 35.2 Å². The minimum Gasteiger partial charge on any atom is -0.369 e. The maximum Gasteiger partial charge on any atom is 0.255 e. The number of anilines is 1. The van der Waals surface area contributed by atoms with E-state index in [-0.39, 0.29) is 41.7 Å². The Morgan fingerprint density at radius 2 is 1.79 bits per heavy atom. The summed E-state index contributed by atoms with van der Waals surface area (Å²) >= 11 is 0. The molecule has 6 nitrogen and oxygen atoms in total. The van der Waals surface area contributed by atoms with Crippen LogP contribution >= 0.6 is 0 Å². The van der Waals surface area contributed by atoms with Gasteiger partial charge in [0.1, 0.15) is 11.6 Å². The summed E-state index contributed by atoms with van der Waals surface area (Å²) in [5, 5.41) is 3.35. The smallest absolute Gasteiger partial charge is 0.255 e. The van der Waals surface area contributed by atoms with Gasteiger partial charge in [0.2, 0.25) is 0 Å². The highest BCUT2D eigenvalue weighted by Gasteiger charge is 2.38. The van der Waals surface area contributed by atoms with Crippen LogP contribution in [0.2, 0.25) is 0 Å². The molecule has 1 aromatic heterocycles. The number of amides is 1. The number of halogens is 1. The number of pyridine rings is 1. The van der Waals surface area contributed by atoms with Gasteiger partial charge in [-0.15, -0.1) is 0 Å². The minimum atomic E-state index is -3.02. The third kappa shape index (κ3) is 4.27. The SMILES string of the molecule is O=C(c1ccc(NCC2(c3ccc(F)cc3)CCC2)nc1)N1CCS(=O)(=O)CC1. The molecule has 2 aliphatic rings. The van der Waals surface area contributed by atoms with E-state index in [4.69, 9.17) is 0 Å². The Kier molecular flexibility index (Phi) is 5.29. The van der Waals surface area contributed by atoms with Gasteiger partial charge in [-0.1, -0.05) is 18.6 Å². The molecule has 1 saturated heterocycles. The molecule has 1 amide bonds. The number of aromatic nitrogens is 1. The highest BCUT2D eigenvalue weighted by molar-refractivity contribution is 7.91. The number of nitrogens with zero attached hydrogens (tertiary/aromatic N) is 2. The van der Waals surface area contributed by atoms with Crippen LogP contribution in [-0.4, -0.2) is 55.3 Å². The van der Waals surface area contributed by atoms with E-state index in [1.165, 1.54) is 18.3 Å². The van der Waals surface area contributed by atoms with Crippen molar-refractivity contribution in [3.63, 3.8) is 0 Å². The third-order valence-electron chi connectivity index (χ3n) is 6.02. The summed E-state index contributed by atoms with van der Waals surface area (Å²) in [5.41, 5.74) is 1.57. The fourth-order valence-electron chi connectivity index (χ4n) is 3.96. The van der Waals surface area contributed by atoms with E-state index < -0.39 is 9.84 Å². The molecule has 2 heterocycles. The molecule has 1 aliphatic heterocycles. The molecule has 1 N–H and O–H groups in total. The van der Waals surface area contributed by atoms with Crippen LogP contribution < -0.4 is 5.32 Å². The third-order valence-corrected chi connectivity index (χ3v) is 7.63. The van der Waals surface area contributed by atoms with Crippen molar-refractivity contribution in [3.8, 4) is 0 Å². The topological polar surface area (TPSA) is 79.4 Å². The van der Waals surface area contributed by atoms with Gasteiger partial charge < -0.3 is 10.2 Å². The van der Waals surface area contributed by atoms with Crippen molar-refractivity contribution in [2.45, 2.75) is 24.7 Å². The molecule has 4 rings (SSSR count). The molecule has 1 aliphatic carbocycles. The van der Waals surface area contributed by atoms with Gasteiger partial charge in [-0.3, -0.25) is 4.79 Å². The zero-order chi connectivity index (χ0) is 20.5. The highest BCUT2D eigenvalue weighted by Crippen LogP contribution is 2.43. The second kappa shape index (κ2) is 7.74. The molecule has 1 saturated carbocycles. The average molecular weight is 418 g/mol. The maximum absolute atomic E-state index is 13.2. The summed E-state index contributed by atoms with van der Waals surface area (Å²) in [6.45, 7) is 1.14. The summed E-state index contributed by atoms with van der Waals surface area (Å²) in [4.78, 5) is 18.5. The molecule has 0 radical (unpaired) electrons. The first-order valence-corrected chi connectivity index (χ1v) is 11.6. The van der Waals surface area contributed by atoms with E-state index >= 15 is 0 Å². The standard InChI is InChI=1S/C21H24FN3O3S/c22-18-5-3-17(4-6-18)21(8-1-9-21)15-24-19-7-2-16(14-23-19)20(26)25-10-12-29(27,28)13-11-25/h2-7,14H,1,8-13,15H2,(H,23,24). The van der Waals surface area contributed by atoms with Crippen molar-refractivity contribution in [1.29, 1.82) is 0 Å². The number of carbonyl (C=O) groups excluding carboxylic acids is 1. The monoisotopic (exact) mass is 417 g/mol. The second-order valence-corrected chi connectivity index (χ2v) is 10.2. The molecule has 0 atom stereocenters. The van der Waals surface area contributed by atoms with Crippen molar-refractivity contribution in [2.75, 3.05) is 36.5 Å². The number of hydrogen-bond donors (Lipinski definition) is 1. The van der Waals surface area contributed by atoms with E-state index in [1.807, 2.05) is 12.1 Å². The fourth-order valence-corrected chi connectivity index (χ4v) is 5.16. The molecule has 0 bridgehead atoms. The van der Waals surface area contributed by atoms with Gasteiger partial charge >= 0.3 is 0 Å². The number of nitrogens with one attached hydrogen (secondary N) is 1. The van der Waals surface area contributed by atoms with E-state index in [1.54, 1.807) is 17.0 Å². The number of rotatable bonds is 5. The van der Waals surface area contributed by atoms with Crippen molar-refractivity contribution in [1.82, 2.24) is 9.88 Å². The normalized spacial score (nSPS) is 20.0. The van der Waals surface area contributed by atoms with Crippen LogP contribution in [0, 0.1) is 5.82 Å². The van der Waals surface area contributed by atoms with Crippen LogP contribution in [0.4, 0.5) is 10.2 Å². The van der Waals surface area contributed by atoms with Gasteiger partial charge in [0.25, 0.3) is 5.91 Å². The Morgan fingerprint density at radius 1 is 1.10 bits per heavy atom. The molecular weight excluding hydrogens is 393 g/mol. The predicted molar refractivity (Wildman–Crippen MR) is 109 cm³/mol. The van der Waals surface area contributed by atoms with Crippen LogP contribution in [0.3, 0.4) is 0 Å². The molecule has 2 aromatic rings. The van der Waals surface area contributed by atoms with Crippen LogP contribution in [0.15, 0.2) is 42.6 Å². The first kappa shape index (κ1) is 19.8. The predicted octanol–water partition coefficient (Wildman–Crippen LogP) is 2.63. The van der Waals surface area contributed by atoms with Crippen molar-refractivity contribution in [3.05, 3.63) is 59.5 Å². The van der Waals surface area contributed by atoms with Crippen molar-refractivity contribution in [2.24, 2.45) is 0 Å². The van der Waals surface area contributed by atoms with E-state index in [0.717, 1.165) is 24.8 Å². The molecule has 154 valence electrons. The second-order valence-electron chi connectivity index (χ2n) is 7.87. The lowest BCUT2D eigenvalue weighted by Crippen LogP contribution is -2.43. The number of carbonyl (C=O) groups is 1. The van der Waals surface area contributed by atoms with Crippen LogP contribution in [0.25, 0.3) is 0 Å². The Morgan fingerprint density at radius 3 is 2.34 bits per heavy atom. The van der Waals surface area contributed by atoms with Crippen LogP contribution in [0.5, 0.6) is 0 Å². The zero-order valence-electron chi connectivity index (χ0n) is 16.1. The van der Waals surface area contributed by atoms with Gasteiger partial charge in [-0.25, -0.2) is 17.8 Å². The van der Waals surface area contributed by atoms with Gasteiger partial charge in [0, 0.05) is 31.2 Å². The highest BCUT2D eigenvalue weighted by atomic mass is 32.2. The number of sulfone groups is 1. The minimum absolute atomic E-state index is 0.0108. The molecule has 0 spiro atoms. The van der Waals surface area contributed by atoms with E-state index in [9.17, 15) is 17.6 Å².